The third-order valence-corrected chi connectivity index (χ3v) is 4.65. The van der Waals surface area contributed by atoms with Gasteiger partial charge < -0.3 is 30.4 Å². The number of ether oxygens (including phenoxy) is 4. The standard InChI is InChI=1S/C20H28N2O4/c1-11-7-15(23-3)17(25-5)9-13(11)19(21)20(22)14-10-18(26-6)16(24-4)8-12(14)2/h7-10,19-20H,21-22H2,1-6H3. The number of nitrogens with two attached hydrogens (primary N) is 2. The molecule has 2 rings (SSSR count). The molecule has 0 aromatic heterocycles. The molecule has 6 heteroatoms. The molecule has 2 unspecified atom stereocenters. The molecule has 0 aliphatic rings. The van der Waals surface area contributed by atoms with Crippen molar-refractivity contribution in [2.45, 2.75) is 25.9 Å². The Morgan fingerprint density at radius 1 is 0.577 bits per heavy atom. The average Bonchev–Trinajstić information content (AvgIpc) is 2.66. The van der Waals surface area contributed by atoms with Gasteiger partial charge in [0.25, 0.3) is 0 Å². The van der Waals surface area contributed by atoms with Crippen LogP contribution in [0.2, 0.25) is 0 Å². The monoisotopic (exact) mass is 360 g/mol. The van der Waals surface area contributed by atoms with Crippen LogP contribution in [0.25, 0.3) is 0 Å². The van der Waals surface area contributed by atoms with Gasteiger partial charge in [-0.2, -0.15) is 0 Å². The smallest absolute Gasteiger partial charge is 0.161 e. The number of aryl methyl sites for hydroxylation is 2. The SMILES string of the molecule is COc1cc(C)c(C(N)C(N)c2cc(OC)c(OC)cc2C)cc1OC. The van der Waals surface area contributed by atoms with Crippen LogP contribution in [0.3, 0.4) is 0 Å². The average molecular weight is 360 g/mol. The fourth-order valence-corrected chi connectivity index (χ4v) is 3.10. The van der Waals surface area contributed by atoms with Gasteiger partial charge in [-0.25, -0.2) is 0 Å². The zero-order chi connectivity index (χ0) is 19.4. The summed E-state index contributed by atoms with van der Waals surface area (Å²) in [6.45, 7) is 3.96. The quantitative estimate of drug-likeness (QED) is 0.789. The van der Waals surface area contributed by atoms with Crippen molar-refractivity contribution in [3.8, 4) is 23.0 Å². The van der Waals surface area contributed by atoms with Crippen LogP contribution in [0.4, 0.5) is 0 Å². The lowest BCUT2D eigenvalue weighted by molar-refractivity contribution is 0.352. The summed E-state index contributed by atoms with van der Waals surface area (Å²) >= 11 is 0. The Morgan fingerprint density at radius 3 is 1.12 bits per heavy atom. The van der Waals surface area contributed by atoms with Gasteiger partial charge >= 0.3 is 0 Å². The maximum atomic E-state index is 6.52. The topological polar surface area (TPSA) is 89.0 Å². The highest BCUT2D eigenvalue weighted by molar-refractivity contribution is 5.51. The largest absolute Gasteiger partial charge is 0.493 e. The zero-order valence-electron chi connectivity index (χ0n) is 16.3. The van der Waals surface area contributed by atoms with Crippen LogP contribution in [0.15, 0.2) is 24.3 Å². The van der Waals surface area contributed by atoms with Crippen molar-refractivity contribution < 1.29 is 18.9 Å². The summed E-state index contributed by atoms with van der Waals surface area (Å²) in [4.78, 5) is 0. The van der Waals surface area contributed by atoms with Crippen molar-refractivity contribution in [3.05, 3.63) is 46.5 Å². The van der Waals surface area contributed by atoms with E-state index in [0.29, 0.717) is 23.0 Å². The van der Waals surface area contributed by atoms with E-state index in [0.717, 1.165) is 22.3 Å². The lowest BCUT2D eigenvalue weighted by Crippen LogP contribution is -2.28. The predicted octanol–water partition coefficient (Wildman–Crippen LogP) is 3.04. The predicted molar refractivity (Wildman–Crippen MR) is 102 cm³/mol. The molecule has 0 aliphatic carbocycles. The van der Waals surface area contributed by atoms with E-state index in [1.807, 2.05) is 38.1 Å². The second kappa shape index (κ2) is 8.29. The van der Waals surface area contributed by atoms with Crippen molar-refractivity contribution in [1.29, 1.82) is 0 Å². The van der Waals surface area contributed by atoms with E-state index in [4.69, 9.17) is 30.4 Å². The van der Waals surface area contributed by atoms with Crippen molar-refractivity contribution >= 4 is 0 Å². The summed E-state index contributed by atoms with van der Waals surface area (Å²) in [7, 11) is 6.41. The van der Waals surface area contributed by atoms with Crippen LogP contribution >= 0.6 is 0 Å². The zero-order valence-corrected chi connectivity index (χ0v) is 16.3. The van der Waals surface area contributed by atoms with Gasteiger partial charge in [-0.1, -0.05) is 0 Å². The van der Waals surface area contributed by atoms with Crippen LogP contribution in [0.5, 0.6) is 23.0 Å². The van der Waals surface area contributed by atoms with Gasteiger partial charge in [-0.15, -0.1) is 0 Å². The Kier molecular flexibility index (Phi) is 6.34. The van der Waals surface area contributed by atoms with Crippen LogP contribution in [-0.2, 0) is 0 Å². The van der Waals surface area contributed by atoms with Crippen molar-refractivity contribution in [2.75, 3.05) is 28.4 Å². The van der Waals surface area contributed by atoms with Crippen molar-refractivity contribution in [2.24, 2.45) is 11.5 Å². The van der Waals surface area contributed by atoms with E-state index in [1.165, 1.54) is 0 Å². The first-order valence-electron chi connectivity index (χ1n) is 8.34. The molecular formula is C20H28N2O4. The molecule has 26 heavy (non-hydrogen) atoms. The highest BCUT2D eigenvalue weighted by atomic mass is 16.5. The van der Waals surface area contributed by atoms with E-state index in [1.54, 1.807) is 28.4 Å². The second-order valence-corrected chi connectivity index (χ2v) is 6.18. The van der Waals surface area contributed by atoms with Crippen LogP contribution < -0.4 is 30.4 Å². The minimum Gasteiger partial charge on any atom is -0.493 e. The molecule has 0 fully saturated rings. The molecule has 4 N–H and O–H groups in total. The highest BCUT2D eigenvalue weighted by Crippen LogP contribution is 2.38. The molecular weight excluding hydrogens is 332 g/mol. The summed E-state index contributed by atoms with van der Waals surface area (Å²) in [6, 6.07) is 6.73. The molecule has 0 amide bonds. The number of methoxy groups -OCH3 is 4. The lowest BCUT2D eigenvalue weighted by Gasteiger charge is -2.25. The summed E-state index contributed by atoms with van der Waals surface area (Å²) in [6.07, 6.45) is 0. The number of rotatable bonds is 7. The molecule has 0 radical (unpaired) electrons. The van der Waals surface area contributed by atoms with E-state index >= 15 is 0 Å². The number of hydrogen-bond acceptors (Lipinski definition) is 6. The Labute approximate surface area is 155 Å². The van der Waals surface area contributed by atoms with Gasteiger partial charge in [0, 0.05) is 12.1 Å². The van der Waals surface area contributed by atoms with Gasteiger partial charge in [0.15, 0.2) is 23.0 Å². The molecule has 0 spiro atoms. The van der Waals surface area contributed by atoms with Crippen molar-refractivity contribution in [3.63, 3.8) is 0 Å². The number of hydrogen-bond donors (Lipinski definition) is 2. The minimum atomic E-state index is -0.424. The molecule has 2 aromatic carbocycles. The summed E-state index contributed by atoms with van der Waals surface area (Å²) in [5.41, 5.74) is 16.8. The van der Waals surface area contributed by atoms with E-state index in [9.17, 15) is 0 Å². The third kappa shape index (κ3) is 3.71. The van der Waals surface area contributed by atoms with Gasteiger partial charge in [0.1, 0.15) is 0 Å². The van der Waals surface area contributed by atoms with Crippen molar-refractivity contribution in [1.82, 2.24) is 0 Å². The molecule has 0 aliphatic heterocycles. The minimum absolute atomic E-state index is 0.424. The van der Waals surface area contributed by atoms with Crippen LogP contribution in [0, 0.1) is 13.8 Å². The summed E-state index contributed by atoms with van der Waals surface area (Å²) in [5.74, 6) is 2.58. The van der Waals surface area contributed by atoms with E-state index in [-0.39, 0.29) is 0 Å². The summed E-state index contributed by atoms with van der Waals surface area (Å²) in [5, 5.41) is 0. The maximum absolute atomic E-state index is 6.52. The first-order valence-corrected chi connectivity index (χ1v) is 8.34. The van der Waals surface area contributed by atoms with E-state index in [2.05, 4.69) is 0 Å². The van der Waals surface area contributed by atoms with Crippen LogP contribution in [-0.4, -0.2) is 28.4 Å². The van der Waals surface area contributed by atoms with Gasteiger partial charge in [-0.05, 0) is 60.4 Å². The van der Waals surface area contributed by atoms with Crippen LogP contribution in [0.1, 0.15) is 34.3 Å². The molecule has 0 saturated heterocycles. The Balaban J connectivity index is 2.46. The van der Waals surface area contributed by atoms with Gasteiger partial charge in [0.05, 0.1) is 28.4 Å². The maximum Gasteiger partial charge on any atom is 0.161 e. The highest BCUT2D eigenvalue weighted by Gasteiger charge is 2.24. The van der Waals surface area contributed by atoms with E-state index < -0.39 is 12.1 Å². The normalized spacial score (nSPS) is 13.1. The second-order valence-electron chi connectivity index (χ2n) is 6.18. The van der Waals surface area contributed by atoms with Gasteiger partial charge in [0.2, 0.25) is 0 Å². The molecule has 6 nitrogen and oxygen atoms in total. The molecule has 0 heterocycles. The fourth-order valence-electron chi connectivity index (χ4n) is 3.10. The molecule has 0 bridgehead atoms. The lowest BCUT2D eigenvalue weighted by atomic mass is 9.89. The molecule has 142 valence electrons. The Morgan fingerprint density at radius 2 is 0.846 bits per heavy atom. The Hall–Kier alpha value is -2.44. The fraction of sp³-hybridized carbons (Fsp3) is 0.400. The van der Waals surface area contributed by atoms with Gasteiger partial charge in [-0.3, -0.25) is 0 Å². The number of benzene rings is 2. The summed E-state index contributed by atoms with van der Waals surface area (Å²) < 4.78 is 21.5. The molecule has 2 aromatic rings. The molecule has 2 atom stereocenters. The third-order valence-electron chi connectivity index (χ3n) is 4.65. The first kappa shape index (κ1) is 19.9. The molecule has 0 saturated carbocycles. The first-order chi connectivity index (χ1) is 12.4. The Bertz CT molecular complexity index is 711.